The molecule has 1 rings (SSSR count). The first-order valence-electron chi connectivity index (χ1n) is 16.5. The van der Waals surface area contributed by atoms with Gasteiger partial charge in [-0.05, 0) is 38.8 Å². The monoisotopic (exact) mass is 768 g/mol. The van der Waals surface area contributed by atoms with Crippen LogP contribution in [0.1, 0.15) is 45.1 Å². The average Bonchev–Trinajstić information content (AvgIpc) is 3.09. The fourth-order valence-corrected chi connectivity index (χ4v) is 4.50. The van der Waals surface area contributed by atoms with E-state index < -0.39 is 121 Å². The van der Waals surface area contributed by atoms with E-state index in [1.165, 1.54) is 13.8 Å². The highest BCUT2D eigenvalue weighted by Crippen LogP contribution is 2.08. The second-order valence-corrected chi connectivity index (χ2v) is 12.6. The van der Waals surface area contributed by atoms with Gasteiger partial charge < -0.3 is 68.9 Å². The van der Waals surface area contributed by atoms with E-state index in [4.69, 9.17) is 11.5 Å². The Morgan fingerprint density at radius 2 is 1.00 bits per heavy atom. The second kappa shape index (κ2) is 22.4. The van der Waals surface area contributed by atoms with Crippen LogP contribution in [0, 0.1) is 0 Å². The predicted molar refractivity (Wildman–Crippen MR) is 185 cm³/mol. The van der Waals surface area contributed by atoms with Crippen LogP contribution in [0.25, 0.3) is 0 Å². The molecule has 6 unspecified atom stereocenters. The Morgan fingerprint density at radius 3 is 1.37 bits per heavy atom. The number of aliphatic carboxylic acids is 3. The van der Waals surface area contributed by atoms with Gasteiger partial charge >= 0.3 is 17.9 Å². The standard InChI is InChI=1S/C32H48N8O14/c1-32(2,34)31(54)40-18(11-16-7-4-3-5-8-16)25(47)36-19(12-23(43)44)26(48)37-20(13-24(45)46)27(49)38-22(15-42)29(51)39-21(14-41)28(50)35-17(30(52)53)9-6-10-33/h3-5,7-8,17-22,41-42H,6,9-15,33-34H2,1-2H3,(H,35,50)(H,36,47)(H,37,48)(H,38,49)(H,39,51)(H,40,54)(H,43,44)(H,45,46)(H,52,53). The third kappa shape index (κ3) is 16.3. The molecule has 22 heteroatoms. The summed E-state index contributed by atoms with van der Waals surface area (Å²) >= 11 is 0. The average molecular weight is 769 g/mol. The van der Waals surface area contributed by atoms with E-state index in [1.807, 2.05) is 16.0 Å². The summed E-state index contributed by atoms with van der Waals surface area (Å²) in [5, 5.41) is 60.4. The number of carboxylic acids is 3. The van der Waals surface area contributed by atoms with Crippen LogP contribution in [0.5, 0.6) is 0 Å². The molecule has 1 aromatic rings. The maximum atomic E-state index is 13.4. The molecule has 0 aliphatic carbocycles. The van der Waals surface area contributed by atoms with Crippen LogP contribution in [0.4, 0.5) is 0 Å². The van der Waals surface area contributed by atoms with Gasteiger partial charge in [-0.2, -0.15) is 0 Å². The van der Waals surface area contributed by atoms with E-state index in [0.29, 0.717) is 5.56 Å². The zero-order valence-corrected chi connectivity index (χ0v) is 29.6. The Kier molecular flexibility index (Phi) is 19.2. The lowest BCUT2D eigenvalue weighted by atomic mass is 10.0. The van der Waals surface area contributed by atoms with Crippen LogP contribution < -0.4 is 43.4 Å². The minimum Gasteiger partial charge on any atom is -0.481 e. The number of benzene rings is 1. The molecule has 0 aliphatic rings. The highest BCUT2D eigenvalue weighted by Gasteiger charge is 2.35. The summed E-state index contributed by atoms with van der Waals surface area (Å²) in [6.07, 6.45) is -2.22. The Bertz CT molecular complexity index is 1500. The van der Waals surface area contributed by atoms with Gasteiger partial charge in [0.15, 0.2) is 0 Å². The molecule has 0 saturated heterocycles. The molecule has 1 aromatic carbocycles. The third-order valence-electron chi connectivity index (χ3n) is 7.46. The zero-order chi connectivity index (χ0) is 41.2. The van der Waals surface area contributed by atoms with Gasteiger partial charge in [0, 0.05) is 6.42 Å². The smallest absolute Gasteiger partial charge is 0.326 e. The summed E-state index contributed by atoms with van der Waals surface area (Å²) < 4.78 is 0. The molecule has 300 valence electrons. The number of hydrogen-bond acceptors (Lipinski definition) is 13. The van der Waals surface area contributed by atoms with Crippen LogP contribution in [-0.4, -0.2) is 140 Å². The number of aliphatic hydroxyl groups excluding tert-OH is 2. The highest BCUT2D eigenvalue weighted by atomic mass is 16.4. The number of carboxylic acid groups (broad SMARTS) is 3. The fraction of sp³-hybridized carbons (Fsp3) is 0.531. The number of rotatable bonds is 24. The van der Waals surface area contributed by atoms with Crippen LogP contribution in [0.3, 0.4) is 0 Å². The molecule has 15 N–H and O–H groups in total. The second-order valence-electron chi connectivity index (χ2n) is 12.6. The Hall–Kier alpha value is -5.71. The lowest BCUT2D eigenvalue weighted by molar-refractivity contribution is -0.144. The molecule has 22 nitrogen and oxygen atoms in total. The topological polar surface area (TPSA) is 379 Å². The lowest BCUT2D eigenvalue weighted by Gasteiger charge is -2.27. The van der Waals surface area contributed by atoms with Crippen molar-refractivity contribution in [1.29, 1.82) is 0 Å². The third-order valence-corrected chi connectivity index (χ3v) is 7.46. The molecule has 0 spiro atoms. The highest BCUT2D eigenvalue weighted by molar-refractivity contribution is 5.99. The molecule has 0 aromatic heterocycles. The van der Waals surface area contributed by atoms with E-state index in [1.54, 1.807) is 30.3 Å². The summed E-state index contributed by atoms with van der Waals surface area (Å²) in [7, 11) is 0. The molecule has 0 saturated carbocycles. The quantitative estimate of drug-likeness (QED) is 0.0467. The van der Waals surface area contributed by atoms with Gasteiger partial charge in [0.05, 0.1) is 31.6 Å². The minimum absolute atomic E-state index is 0.0792. The predicted octanol–water partition coefficient (Wildman–Crippen LogP) is -5.37. The Balaban J connectivity index is 3.20. The van der Waals surface area contributed by atoms with Gasteiger partial charge in [0.2, 0.25) is 35.4 Å². The van der Waals surface area contributed by atoms with E-state index in [0.717, 1.165) is 0 Å². The van der Waals surface area contributed by atoms with Gasteiger partial charge in [0.1, 0.15) is 36.3 Å². The molecule has 54 heavy (non-hydrogen) atoms. The summed E-state index contributed by atoms with van der Waals surface area (Å²) in [6.45, 7) is 0.623. The number of carbonyl (C=O) groups is 9. The first kappa shape index (κ1) is 46.3. The normalized spacial score (nSPS) is 14.4. The van der Waals surface area contributed by atoms with Gasteiger partial charge in [-0.1, -0.05) is 30.3 Å². The number of amides is 6. The van der Waals surface area contributed by atoms with Crippen molar-refractivity contribution in [2.45, 2.75) is 87.7 Å². The molecular weight excluding hydrogens is 720 g/mol. The fourth-order valence-electron chi connectivity index (χ4n) is 4.50. The van der Waals surface area contributed by atoms with E-state index in [-0.39, 0.29) is 25.8 Å². The van der Waals surface area contributed by atoms with Crippen molar-refractivity contribution >= 4 is 53.4 Å². The number of carbonyl (C=O) groups excluding carboxylic acids is 6. The molecule has 0 radical (unpaired) electrons. The van der Waals surface area contributed by atoms with Crippen molar-refractivity contribution in [1.82, 2.24) is 31.9 Å². The van der Waals surface area contributed by atoms with Gasteiger partial charge in [-0.25, -0.2) is 4.79 Å². The van der Waals surface area contributed by atoms with E-state index >= 15 is 0 Å². The molecule has 6 amide bonds. The van der Waals surface area contributed by atoms with Gasteiger partial charge in [-0.15, -0.1) is 0 Å². The van der Waals surface area contributed by atoms with Crippen LogP contribution in [0.2, 0.25) is 0 Å². The lowest BCUT2D eigenvalue weighted by Crippen LogP contribution is -2.61. The summed E-state index contributed by atoms with van der Waals surface area (Å²) in [5.41, 5.74) is 10.3. The first-order valence-corrected chi connectivity index (χ1v) is 16.5. The number of hydrogen-bond donors (Lipinski definition) is 13. The largest absolute Gasteiger partial charge is 0.481 e. The molecule has 0 aliphatic heterocycles. The van der Waals surface area contributed by atoms with Crippen LogP contribution in [-0.2, 0) is 49.6 Å². The van der Waals surface area contributed by atoms with E-state index in [9.17, 15) is 68.7 Å². The van der Waals surface area contributed by atoms with Crippen LogP contribution in [0.15, 0.2) is 30.3 Å². The molecule has 0 fully saturated rings. The van der Waals surface area contributed by atoms with Crippen LogP contribution >= 0.6 is 0 Å². The van der Waals surface area contributed by atoms with Crippen molar-refractivity contribution in [3.63, 3.8) is 0 Å². The first-order chi connectivity index (χ1) is 25.2. The van der Waals surface area contributed by atoms with Crippen molar-refractivity contribution < 1.29 is 68.7 Å². The molecule has 0 bridgehead atoms. The van der Waals surface area contributed by atoms with Gasteiger partial charge in [-0.3, -0.25) is 38.4 Å². The number of nitrogens with one attached hydrogen (secondary N) is 6. The van der Waals surface area contributed by atoms with Crippen molar-refractivity contribution in [2.75, 3.05) is 19.8 Å². The Morgan fingerprint density at radius 1 is 0.611 bits per heavy atom. The summed E-state index contributed by atoms with van der Waals surface area (Å²) in [5.74, 6) is -11.7. The van der Waals surface area contributed by atoms with Crippen molar-refractivity contribution in [2.24, 2.45) is 11.5 Å². The van der Waals surface area contributed by atoms with Gasteiger partial charge in [0.25, 0.3) is 0 Å². The molecule has 0 heterocycles. The molecule has 6 atom stereocenters. The number of nitrogens with two attached hydrogens (primary N) is 2. The van der Waals surface area contributed by atoms with Crippen molar-refractivity contribution in [3.8, 4) is 0 Å². The Labute approximate surface area is 308 Å². The maximum absolute atomic E-state index is 13.4. The van der Waals surface area contributed by atoms with E-state index in [2.05, 4.69) is 16.0 Å². The SMILES string of the molecule is CC(C)(N)C(=O)NC(Cc1ccccc1)C(=O)NC(CC(=O)O)C(=O)NC(CC(=O)O)C(=O)NC(CO)C(=O)NC(CO)C(=O)NC(CCCN)C(=O)O. The zero-order valence-electron chi connectivity index (χ0n) is 29.6. The summed E-state index contributed by atoms with van der Waals surface area (Å²) in [6, 6.07) is -2.23. The number of aliphatic hydroxyl groups is 2. The summed E-state index contributed by atoms with van der Waals surface area (Å²) in [4.78, 5) is 113. The van der Waals surface area contributed by atoms with Crippen molar-refractivity contribution in [3.05, 3.63) is 35.9 Å². The molecular formula is C32H48N8O14. The maximum Gasteiger partial charge on any atom is 0.326 e. The minimum atomic E-state index is -2.04.